The van der Waals surface area contributed by atoms with Gasteiger partial charge in [0.15, 0.2) is 0 Å². The summed E-state index contributed by atoms with van der Waals surface area (Å²) in [6, 6.07) is 0. The van der Waals surface area contributed by atoms with E-state index in [1.165, 1.54) is 0 Å². The normalized spacial score (nSPS) is 10.2. The van der Waals surface area contributed by atoms with Gasteiger partial charge in [-0.25, -0.2) is 0 Å². The first kappa shape index (κ1) is 13.7. The van der Waals surface area contributed by atoms with Crippen molar-refractivity contribution in [1.82, 2.24) is 0 Å². The Morgan fingerprint density at radius 1 is 1.00 bits per heavy atom. The zero-order chi connectivity index (χ0) is 8.95. The van der Waals surface area contributed by atoms with Crippen molar-refractivity contribution in [3.63, 3.8) is 0 Å². The van der Waals surface area contributed by atoms with Crippen LogP contribution in [0.3, 0.4) is 0 Å². The molecule has 0 radical (unpaired) electrons. The van der Waals surface area contributed by atoms with Gasteiger partial charge in [0.2, 0.25) is 0 Å². The van der Waals surface area contributed by atoms with Crippen LogP contribution in [0.2, 0.25) is 0 Å². The molecule has 0 rings (SSSR count). The molecule has 0 aliphatic heterocycles. The van der Waals surface area contributed by atoms with Crippen LogP contribution < -0.4 is 0 Å². The predicted molar refractivity (Wildman–Crippen MR) is 61.3 cm³/mol. The smallest absolute Gasteiger partial charge is 0.0217 e. The van der Waals surface area contributed by atoms with Crippen molar-refractivity contribution in [2.75, 3.05) is 12.0 Å². The van der Waals surface area contributed by atoms with Crippen LogP contribution in [0.4, 0.5) is 0 Å². The second-order valence-corrected chi connectivity index (χ2v) is 4.30. The van der Waals surface area contributed by atoms with E-state index < -0.39 is 0 Å². The minimum atomic E-state index is 1.14. The summed E-state index contributed by atoms with van der Waals surface area (Å²) in [5.74, 6) is 1.14. The Balaban J connectivity index is 0. The van der Waals surface area contributed by atoms with E-state index in [1.54, 1.807) is 10.8 Å². The third kappa shape index (κ3) is 25.4. The van der Waals surface area contributed by atoms with E-state index in [9.17, 15) is 0 Å². The van der Waals surface area contributed by atoms with Gasteiger partial charge in [-0.1, -0.05) is 45.9 Å². The van der Waals surface area contributed by atoms with Crippen molar-refractivity contribution in [1.29, 1.82) is 0 Å². The molecule has 0 aromatic heterocycles. The monoisotopic (exact) mass is 190 g/mol. The molecule has 66 valence electrons. The van der Waals surface area contributed by atoms with Crippen LogP contribution >= 0.6 is 21.6 Å². The highest BCUT2D eigenvalue weighted by atomic mass is 33.1. The zero-order valence-electron chi connectivity index (χ0n) is 7.83. The molecule has 0 saturated carbocycles. The lowest BCUT2D eigenvalue weighted by molar-refractivity contribution is 1.64. The number of allylic oxidation sites excluding steroid dienone is 3. The maximum absolute atomic E-state index is 2.15. The third-order valence-electron chi connectivity index (χ3n) is 0.851. The maximum atomic E-state index is 2.15. The first-order valence-corrected chi connectivity index (χ1v) is 6.40. The van der Waals surface area contributed by atoms with Crippen LogP contribution in [0.1, 0.15) is 20.8 Å². The lowest BCUT2D eigenvalue weighted by Crippen LogP contribution is -1.59. The summed E-state index contributed by atoms with van der Waals surface area (Å²) in [4.78, 5) is 0. The van der Waals surface area contributed by atoms with Crippen LogP contribution in [0.5, 0.6) is 0 Å². The van der Waals surface area contributed by atoms with Crippen molar-refractivity contribution >= 4 is 21.6 Å². The zero-order valence-corrected chi connectivity index (χ0v) is 9.47. The van der Waals surface area contributed by atoms with E-state index in [2.05, 4.69) is 18.4 Å². The van der Waals surface area contributed by atoms with Gasteiger partial charge in [-0.15, -0.1) is 0 Å². The molecular formula is C9H18S2. The number of rotatable bonds is 3. The quantitative estimate of drug-likeness (QED) is 0.372. The van der Waals surface area contributed by atoms with Crippen molar-refractivity contribution in [2.24, 2.45) is 0 Å². The summed E-state index contributed by atoms with van der Waals surface area (Å²) >= 11 is 0. The Labute approximate surface area is 78.9 Å². The summed E-state index contributed by atoms with van der Waals surface area (Å²) in [6.07, 6.45) is 10.3. The molecule has 0 aromatic carbocycles. The summed E-state index contributed by atoms with van der Waals surface area (Å²) in [6.45, 7) is 6.04. The third-order valence-corrected chi connectivity index (χ3v) is 2.53. The first-order chi connectivity index (χ1) is 5.33. The van der Waals surface area contributed by atoms with Gasteiger partial charge in [0.05, 0.1) is 0 Å². The van der Waals surface area contributed by atoms with Crippen molar-refractivity contribution in [3.05, 3.63) is 24.3 Å². The Hall–Kier alpha value is 0.180. The second kappa shape index (κ2) is 16.6. The molecule has 11 heavy (non-hydrogen) atoms. The second-order valence-electron chi connectivity index (χ2n) is 1.69. The van der Waals surface area contributed by atoms with Gasteiger partial charge in [-0.2, -0.15) is 0 Å². The van der Waals surface area contributed by atoms with Gasteiger partial charge >= 0.3 is 0 Å². The molecule has 0 aliphatic rings. The van der Waals surface area contributed by atoms with Gasteiger partial charge in [0.25, 0.3) is 0 Å². The Kier molecular flexibility index (Phi) is 20.8. The number of hydrogen-bond acceptors (Lipinski definition) is 2. The Morgan fingerprint density at radius 3 is 1.82 bits per heavy atom. The molecule has 0 saturated heterocycles. The lowest BCUT2D eigenvalue weighted by atomic mass is 10.6. The van der Waals surface area contributed by atoms with E-state index in [0.29, 0.717) is 0 Å². The lowest BCUT2D eigenvalue weighted by Gasteiger charge is -1.83. The summed E-state index contributed by atoms with van der Waals surface area (Å²) in [5, 5.41) is 0. The van der Waals surface area contributed by atoms with Crippen molar-refractivity contribution in [2.45, 2.75) is 20.8 Å². The topological polar surface area (TPSA) is 0 Å². The molecular weight excluding hydrogens is 172 g/mol. The average molecular weight is 190 g/mol. The van der Waals surface area contributed by atoms with E-state index in [4.69, 9.17) is 0 Å². The fraction of sp³-hybridized carbons (Fsp3) is 0.556. The SMILES string of the molecule is CC=CC.CC=CCSSC. The van der Waals surface area contributed by atoms with Crippen LogP contribution in [-0.2, 0) is 0 Å². The molecule has 0 spiro atoms. The molecule has 0 heterocycles. The maximum Gasteiger partial charge on any atom is 0.0217 e. The minimum absolute atomic E-state index is 1.14. The van der Waals surface area contributed by atoms with Gasteiger partial charge < -0.3 is 0 Å². The highest BCUT2D eigenvalue weighted by Gasteiger charge is 1.73. The van der Waals surface area contributed by atoms with E-state index in [1.807, 2.05) is 43.7 Å². The van der Waals surface area contributed by atoms with E-state index in [0.717, 1.165) is 5.75 Å². The van der Waals surface area contributed by atoms with Gasteiger partial charge in [-0.3, -0.25) is 0 Å². The summed E-state index contributed by atoms with van der Waals surface area (Å²) < 4.78 is 0. The Bertz CT molecular complexity index is 91.7. The molecule has 0 aromatic rings. The van der Waals surface area contributed by atoms with Gasteiger partial charge in [0.1, 0.15) is 0 Å². The molecule has 0 fully saturated rings. The predicted octanol–water partition coefficient (Wildman–Crippen LogP) is 4.16. The fourth-order valence-corrected chi connectivity index (χ4v) is 1.25. The average Bonchev–Trinajstić information content (AvgIpc) is 2.06. The highest BCUT2D eigenvalue weighted by molar-refractivity contribution is 8.76. The van der Waals surface area contributed by atoms with Crippen molar-refractivity contribution < 1.29 is 0 Å². The number of hydrogen-bond donors (Lipinski definition) is 0. The Morgan fingerprint density at radius 2 is 1.55 bits per heavy atom. The molecule has 2 heteroatoms. The van der Waals surface area contributed by atoms with Crippen LogP contribution in [0.15, 0.2) is 24.3 Å². The van der Waals surface area contributed by atoms with E-state index >= 15 is 0 Å². The standard InChI is InChI=1S/C5H10S2.C4H8/c1-3-4-5-7-6-2;1-3-4-2/h3-4H,5H2,1-2H3;3-4H,1-2H3. The molecule has 0 nitrogen and oxygen atoms in total. The van der Waals surface area contributed by atoms with Crippen LogP contribution in [0.25, 0.3) is 0 Å². The molecule has 0 amide bonds. The minimum Gasteiger partial charge on any atom is -0.0973 e. The molecule has 0 atom stereocenters. The van der Waals surface area contributed by atoms with Crippen molar-refractivity contribution in [3.8, 4) is 0 Å². The van der Waals surface area contributed by atoms with Gasteiger partial charge in [-0.05, 0) is 27.0 Å². The van der Waals surface area contributed by atoms with Crippen LogP contribution in [0, 0.1) is 0 Å². The molecule has 0 bridgehead atoms. The summed E-state index contributed by atoms with van der Waals surface area (Å²) in [7, 11) is 3.67. The molecule has 0 unspecified atom stereocenters. The summed E-state index contributed by atoms with van der Waals surface area (Å²) in [5.41, 5.74) is 0. The molecule has 0 N–H and O–H groups in total. The fourth-order valence-electron chi connectivity index (χ4n) is 0.204. The first-order valence-electron chi connectivity index (χ1n) is 3.67. The van der Waals surface area contributed by atoms with Gasteiger partial charge in [0, 0.05) is 5.75 Å². The largest absolute Gasteiger partial charge is 0.0973 e. The van der Waals surface area contributed by atoms with E-state index in [-0.39, 0.29) is 0 Å². The molecule has 0 aliphatic carbocycles. The van der Waals surface area contributed by atoms with Crippen LogP contribution in [-0.4, -0.2) is 12.0 Å². The highest BCUT2D eigenvalue weighted by Crippen LogP contribution is 2.15.